The number of nitrogens with one attached hydrogen (secondary N) is 1. The number of sulfonamides is 1. The van der Waals surface area contributed by atoms with Crippen molar-refractivity contribution < 1.29 is 13.3 Å². The largest absolute Gasteiger partial charge is 0.363 e. The maximum atomic E-state index is 12.6. The highest BCUT2D eigenvalue weighted by Crippen LogP contribution is 2.32. The first-order valence-corrected chi connectivity index (χ1v) is 11.2. The molecule has 3 rings (SSSR count). The van der Waals surface area contributed by atoms with Gasteiger partial charge in [-0.1, -0.05) is 6.07 Å². The van der Waals surface area contributed by atoms with Gasteiger partial charge >= 0.3 is 0 Å². The van der Waals surface area contributed by atoms with Crippen molar-refractivity contribution in [2.24, 2.45) is 0 Å². The third-order valence-corrected chi connectivity index (χ3v) is 6.49. The number of anilines is 1. The van der Waals surface area contributed by atoms with Crippen LogP contribution >= 0.6 is 0 Å². The van der Waals surface area contributed by atoms with E-state index in [1.165, 1.54) is 12.1 Å². The number of rotatable bonds is 6. The molecule has 0 atom stereocenters. The lowest BCUT2D eigenvalue weighted by Crippen LogP contribution is -2.46. The molecule has 10 heteroatoms. The first-order valence-electron chi connectivity index (χ1n) is 9.74. The Kier molecular flexibility index (Phi) is 6.39. The van der Waals surface area contributed by atoms with Crippen LogP contribution in [0.15, 0.2) is 47.6 Å². The van der Waals surface area contributed by atoms with Crippen LogP contribution in [0.25, 0.3) is 0 Å². The molecule has 1 aliphatic rings. The molecule has 1 fully saturated rings. The molecular weight excluding hydrogens is 406 g/mol. The number of hydrogen-bond acceptors (Lipinski definition) is 7. The van der Waals surface area contributed by atoms with Crippen molar-refractivity contribution in [1.29, 1.82) is 0 Å². The van der Waals surface area contributed by atoms with Crippen molar-refractivity contribution in [3.05, 3.63) is 58.4 Å². The number of aromatic nitrogens is 1. The summed E-state index contributed by atoms with van der Waals surface area (Å²) in [5.41, 5.74) is 0.678. The Bertz CT molecular complexity index is 998. The van der Waals surface area contributed by atoms with Gasteiger partial charge in [0.25, 0.3) is 5.69 Å². The Morgan fingerprint density at radius 2 is 1.87 bits per heavy atom. The fourth-order valence-corrected chi connectivity index (χ4v) is 4.88. The van der Waals surface area contributed by atoms with Crippen LogP contribution in [0.4, 0.5) is 11.4 Å². The van der Waals surface area contributed by atoms with Gasteiger partial charge in [0.05, 0.1) is 9.82 Å². The monoisotopic (exact) mass is 433 g/mol. The molecule has 0 unspecified atom stereocenters. The van der Waals surface area contributed by atoms with Gasteiger partial charge in [-0.05, 0) is 44.5 Å². The molecule has 1 aliphatic heterocycles. The van der Waals surface area contributed by atoms with E-state index in [-0.39, 0.29) is 10.6 Å². The Morgan fingerprint density at radius 1 is 1.17 bits per heavy atom. The van der Waals surface area contributed by atoms with Crippen LogP contribution in [0.2, 0.25) is 0 Å². The van der Waals surface area contributed by atoms with Crippen LogP contribution in [0.1, 0.15) is 26.3 Å². The molecule has 0 aliphatic carbocycles. The molecule has 2 heterocycles. The Hall–Kier alpha value is -2.56. The van der Waals surface area contributed by atoms with Crippen LogP contribution < -0.4 is 9.62 Å². The van der Waals surface area contributed by atoms with Gasteiger partial charge in [-0.3, -0.25) is 20.0 Å². The molecule has 0 spiro atoms. The topological polar surface area (TPSA) is 109 Å². The normalized spacial score (nSPS) is 15.9. The number of benzene rings is 1. The van der Waals surface area contributed by atoms with Gasteiger partial charge in [0.2, 0.25) is 10.0 Å². The molecule has 0 radical (unpaired) electrons. The molecule has 2 aromatic rings. The van der Waals surface area contributed by atoms with Crippen LogP contribution in [0.3, 0.4) is 0 Å². The van der Waals surface area contributed by atoms with Crippen molar-refractivity contribution in [1.82, 2.24) is 14.6 Å². The minimum Gasteiger partial charge on any atom is -0.363 e. The van der Waals surface area contributed by atoms with Gasteiger partial charge in [0.15, 0.2) is 0 Å². The number of piperazine rings is 1. The molecule has 1 N–H and O–H groups in total. The Morgan fingerprint density at radius 3 is 2.43 bits per heavy atom. The van der Waals surface area contributed by atoms with Crippen molar-refractivity contribution in [3.8, 4) is 0 Å². The van der Waals surface area contributed by atoms with Gasteiger partial charge in [0, 0.05) is 56.7 Å². The lowest BCUT2D eigenvalue weighted by Gasteiger charge is -2.35. The van der Waals surface area contributed by atoms with E-state index < -0.39 is 20.5 Å². The van der Waals surface area contributed by atoms with Crippen LogP contribution in [0.5, 0.6) is 0 Å². The average Bonchev–Trinajstić information content (AvgIpc) is 2.67. The molecule has 162 valence electrons. The smallest absolute Gasteiger partial charge is 0.293 e. The van der Waals surface area contributed by atoms with Gasteiger partial charge in [0.1, 0.15) is 5.69 Å². The molecule has 0 amide bonds. The van der Waals surface area contributed by atoms with Crippen LogP contribution in [-0.4, -0.2) is 54.9 Å². The number of pyridine rings is 1. The van der Waals surface area contributed by atoms with Crippen molar-refractivity contribution in [3.63, 3.8) is 0 Å². The third-order valence-electron chi connectivity index (χ3n) is 4.74. The second kappa shape index (κ2) is 8.66. The summed E-state index contributed by atoms with van der Waals surface area (Å²) < 4.78 is 27.7. The van der Waals surface area contributed by atoms with E-state index in [0.29, 0.717) is 18.8 Å². The second-order valence-corrected chi connectivity index (χ2v) is 10.1. The summed E-state index contributed by atoms with van der Waals surface area (Å²) >= 11 is 0. The van der Waals surface area contributed by atoms with Crippen molar-refractivity contribution in [2.45, 2.75) is 37.8 Å². The van der Waals surface area contributed by atoms with Crippen LogP contribution in [0, 0.1) is 10.1 Å². The summed E-state index contributed by atoms with van der Waals surface area (Å²) in [7, 11) is -3.85. The summed E-state index contributed by atoms with van der Waals surface area (Å²) in [6, 6.07) is 8.03. The highest BCUT2D eigenvalue weighted by molar-refractivity contribution is 7.89. The van der Waals surface area contributed by atoms with E-state index in [1.807, 2.05) is 23.2 Å². The van der Waals surface area contributed by atoms with Crippen LogP contribution in [-0.2, 0) is 16.6 Å². The molecule has 0 bridgehead atoms. The maximum absolute atomic E-state index is 12.6. The fraction of sp³-hybridized carbons (Fsp3) is 0.450. The highest BCUT2D eigenvalue weighted by Gasteiger charge is 2.28. The third kappa shape index (κ3) is 5.53. The predicted molar refractivity (Wildman–Crippen MR) is 115 cm³/mol. The van der Waals surface area contributed by atoms with E-state index in [4.69, 9.17) is 0 Å². The van der Waals surface area contributed by atoms with E-state index in [2.05, 4.69) is 14.6 Å². The number of nitro groups is 1. The van der Waals surface area contributed by atoms with Crippen molar-refractivity contribution in [2.75, 3.05) is 31.1 Å². The Balaban J connectivity index is 1.76. The minimum absolute atomic E-state index is 0.108. The fourth-order valence-electron chi connectivity index (χ4n) is 3.44. The standard InChI is InChI=1S/C20H27N5O4S/c1-20(2,3)22-30(28,29)17-6-7-18(19(13-17)25(26)27)24-11-9-23(10-12-24)15-16-5-4-8-21-14-16/h4-8,13-14,22H,9-12,15H2,1-3H3. The summed E-state index contributed by atoms with van der Waals surface area (Å²) in [5.74, 6) is 0. The van der Waals surface area contributed by atoms with Gasteiger partial charge in [-0.25, -0.2) is 13.1 Å². The first kappa shape index (κ1) is 22.1. The van der Waals surface area contributed by atoms with Crippen molar-refractivity contribution >= 4 is 21.4 Å². The number of nitro benzene ring substituents is 1. The molecule has 1 aromatic carbocycles. The maximum Gasteiger partial charge on any atom is 0.293 e. The quantitative estimate of drug-likeness (QED) is 0.550. The lowest BCUT2D eigenvalue weighted by atomic mass is 10.1. The zero-order chi connectivity index (χ0) is 21.9. The average molecular weight is 434 g/mol. The molecule has 0 saturated carbocycles. The van der Waals surface area contributed by atoms with Gasteiger partial charge in [-0.15, -0.1) is 0 Å². The zero-order valence-electron chi connectivity index (χ0n) is 17.4. The summed E-state index contributed by atoms with van der Waals surface area (Å²) in [4.78, 5) is 19.4. The van der Waals surface area contributed by atoms with E-state index in [1.54, 1.807) is 27.0 Å². The molecule has 1 aromatic heterocycles. The summed E-state index contributed by atoms with van der Waals surface area (Å²) in [5, 5.41) is 11.7. The summed E-state index contributed by atoms with van der Waals surface area (Å²) in [6.07, 6.45) is 3.57. The highest BCUT2D eigenvalue weighted by atomic mass is 32.2. The first-order chi connectivity index (χ1) is 14.0. The molecule has 30 heavy (non-hydrogen) atoms. The molecular formula is C20H27N5O4S. The lowest BCUT2D eigenvalue weighted by molar-refractivity contribution is -0.384. The molecule has 1 saturated heterocycles. The molecule has 9 nitrogen and oxygen atoms in total. The van der Waals surface area contributed by atoms with E-state index in [0.717, 1.165) is 31.3 Å². The van der Waals surface area contributed by atoms with Gasteiger partial charge in [-0.2, -0.15) is 0 Å². The predicted octanol–water partition coefficient (Wildman–Crippen LogP) is 2.39. The van der Waals surface area contributed by atoms with E-state index >= 15 is 0 Å². The Labute approximate surface area is 176 Å². The van der Waals surface area contributed by atoms with Gasteiger partial charge < -0.3 is 4.90 Å². The second-order valence-electron chi connectivity index (χ2n) is 8.39. The number of hydrogen-bond donors (Lipinski definition) is 1. The minimum atomic E-state index is -3.85. The van der Waals surface area contributed by atoms with E-state index in [9.17, 15) is 18.5 Å². The zero-order valence-corrected chi connectivity index (χ0v) is 18.2. The SMILES string of the molecule is CC(C)(C)NS(=O)(=O)c1ccc(N2CCN(Cc3cccnc3)CC2)c([N+](=O)[O-])c1. The number of nitrogens with zero attached hydrogens (tertiary/aromatic N) is 4. The summed E-state index contributed by atoms with van der Waals surface area (Å²) in [6.45, 7) is 8.67.